The van der Waals surface area contributed by atoms with Gasteiger partial charge in [-0.1, -0.05) is 26.8 Å². The van der Waals surface area contributed by atoms with Crippen LogP contribution in [0.25, 0.3) is 0 Å². The zero-order valence-electron chi connectivity index (χ0n) is 11.9. The Morgan fingerprint density at radius 2 is 1.58 bits per heavy atom. The lowest BCUT2D eigenvalue weighted by Gasteiger charge is -2.22. The molecule has 0 heterocycles. The van der Waals surface area contributed by atoms with Gasteiger partial charge < -0.3 is 5.73 Å². The molecule has 0 radical (unpaired) electrons. The monoisotopic (exact) mass is 273 g/mol. The van der Waals surface area contributed by atoms with E-state index in [0.29, 0.717) is 24.0 Å². The number of rotatable bonds is 3. The Kier molecular flexibility index (Phi) is 4.67. The third kappa shape index (κ3) is 4.86. The molecule has 0 spiro atoms. The molecular formula is C15H22F3N. The van der Waals surface area contributed by atoms with Crippen LogP contribution < -0.4 is 5.73 Å². The molecular weight excluding hydrogens is 251 g/mol. The van der Waals surface area contributed by atoms with Crippen molar-refractivity contribution in [3.05, 3.63) is 34.9 Å². The minimum absolute atomic E-state index is 0.00682. The van der Waals surface area contributed by atoms with Gasteiger partial charge in [0.1, 0.15) is 0 Å². The highest BCUT2D eigenvalue weighted by Crippen LogP contribution is 2.34. The Labute approximate surface area is 113 Å². The van der Waals surface area contributed by atoms with Crippen molar-refractivity contribution in [1.29, 1.82) is 0 Å². The smallest absolute Gasteiger partial charge is 0.328 e. The van der Waals surface area contributed by atoms with Crippen molar-refractivity contribution < 1.29 is 13.2 Å². The molecule has 0 bridgehead atoms. The minimum atomic E-state index is -4.30. The molecule has 0 aliphatic rings. The lowest BCUT2D eigenvalue weighted by molar-refractivity contribution is -0.137. The number of nitrogens with two attached hydrogens (primary N) is 1. The quantitative estimate of drug-likeness (QED) is 0.873. The SMILES string of the molecule is C[C@H](N)CCc1cc(C(C)(C)C)cc(C(F)(F)F)c1. The van der Waals surface area contributed by atoms with E-state index >= 15 is 0 Å². The standard InChI is InChI=1S/C15H22F3N/c1-10(19)5-6-11-7-12(14(2,3)4)9-13(8-11)15(16,17)18/h7-10H,5-6,19H2,1-4H3/t10-/m0/s1. The zero-order valence-corrected chi connectivity index (χ0v) is 11.9. The molecule has 0 aliphatic heterocycles. The fraction of sp³-hybridized carbons (Fsp3) is 0.600. The van der Waals surface area contributed by atoms with Crippen LogP contribution in [0.3, 0.4) is 0 Å². The second-order valence-corrected chi connectivity index (χ2v) is 6.18. The normalized spacial score (nSPS) is 14.5. The van der Waals surface area contributed by atoms with E-state index in [2.05, 4.69) is 0 Å². The lowest BCUT2D eigenvalue weighted by Crippen LogP contribution is -2.17. The average Bonchev–Trinajstić information content (AvgIpc) is 2.23. The van der Waals surface area contributed by atoms with E-state index in [1.54, 1.807) is 0 Å². The summed E-state index contributed by atoms with van der Waals surface area (Å²) in [7, 11) is 0. The van der Waals surface area contributed by atoms with Crippen LogP contribution in [0.2, 0.25) is 0 Å². The Morgan fingerprint density at radius 1 is 1.05 bits per heavy atom. The summed E-state index contributed by atoms with van der Waals surface area (Å²) in [6, 6.07) is 4.33. The molecule has 0 fully saturated rings. The summed E-state index contributed by atoms with van der Waals surface area (Å²) in [5.74, 6) is 0. The molecule has 0 unspecified atom stereocenters. The van der Waals surface area contributed by atoms with Gasteiger partial charge in [0.05, 0.1) is 5.56 Å². The van der Waals surface area contributed by atoms with Gasteiger partial charge in [0.2, 0.25) is 0 Å². The van der Waals surface area contributed by atoms with Crippen LogP contribution in [-0.2, 0) is 18.0 Å². The first-order valence-corrected chi connectivity index (χ1v) is 6.47. The Bertz CT molecular complexity index is 396. The summed E-state index contributed by atoms with van der Waals surface area (Å²) in [4.78, 5) is 0. The Balaban J connectivity index is 3.17. The molecule has 1 aromatic carbocycles. The third-order valence-corrected chi connectivity index (χ3v) is 3.07. The van der Waals surface area contributed by atoms with Gasteiger partial charge in [0.25, 0.3) is 0 Å². The lowest BCUT2D eigenvalue weighted by atomic mass is 9.84. The maximum atomic E-state index is 12.9. The maximum absolute atomic E-state index is 12.9. The van der Waals surface area contributed by atoms with Gasteiger partial charge >= 0.3 is 6.18 Å². The summed E-state index contributed by atoms with van der Waals surface area (Å²) in [5.41, 5.74) is 6.21. The van der Waals surface area contributed by atoms with Crippen LogP contribution >= 0.6 is 0 Å². The van der Waals surface area contributed by atoms with Gasteiger partial charge in [-0.15, -0.1) is 0 Å². The number of alkyl halides is 3. The first-order chi connectivity index (χ1) is 8.50. The number of halogens is 3. The summed E-state index contributed by atoms with van der Waals surface area (Å²) in [5, 5.41) is 0. The van der Waals surface area contributed by atoms with Gasteiger partial charge in [0.15, 0.2) is 0 Å². The Hall–Kier alpha value is -1.03. The molecule has 1 rings (SSSR count). The molecule has 0 amide bonds. The van der Waals surface area contributed by atoms with Crippen molar-refractivity contribution in [3.8, 4) is 0 Å². The van der Waals surface area contributed by atoms with Crippen LogP contribution in [0.1, 0.15) is 50.8 Å². The van der Waals surface area contributed by atoms with Crippen LogP contribution in [0, 0.1) is 0 Å². The van der Waals surface area contributed by atoms with Crippen LogP contribution in [0.4, 0.5) is 13.2 Å². The Morgan fingerprint density at radius 3 is 2.00 bits per heavy atom. The highest BCUT2D eigenvalue weighted by molar-refractivity contribution is 5.35. The second kappa shape index (κ2) is 5.53. The van der Waals surface area contributed by atoms with E-state index in [9.17, 15) is 13.2 Å². The van der Waals surface area contributed by atoms with Crippen LogP contribution in [0.5, 0.6) is 0 Å². The van der Waals surface area contributed by atoms with Crippen LogP contribution in [-0.4, -0.2) is 6.04 Å². The molecule has 1 nitrogen and oxygen atoms in total. The number of benzene rings is 1. The first-order valence-electron chi connectivity index (χ1n) is 6.47. The summed E-state index contributed by atoms with van der Waals surface area (Å²) in [6.07, 6.45) is -3.04. The summed E-state index contributed by atoms with van der Waals surface area (Å²) >= 11 is 0. The molecule has 2 N–H and O–H groups in total. The van der Waals surface area contributed by atoms with E-state index in [0.717, 1.165) is 0 Å². The predicted molar refractivity (Wildman–Crippen MR) is 72.1 cm³/mol. The average molecular weight is 273 g/mol. The first kappa shape index (κ1) is 16.0. The van der Waals surface area contributed by atoms with Crippen molar-refractivity contribution in [2.75, 3.05) is 0 Å². The molecule has 0 aliphatic carbocycles. The van der Waals surface area contributed by atoms with Crippen molar-refractivity contribution >= 4 is 0 Å². The largest absolute Gasteiger partial charge is 0.416 e. The predicted octanol–water partition coefficient (Wildman–Crippen LogP) is 4.28. The minimum Gasteiger partial charge on any atom is -0.328 e. The van der Waals surface area contributed by atoms with E-state index in [4.69, 9.17) is 5.73 Å². The van der Waals surface area contributed by atoms with E-state index in [-0.39, 0.29) is 11.5 Å². The van der Waals surface area contributed by atoms with Gasteiger partial charge in [-0.25, -0.2) is 0 Å². The molecule has 1 atom stereocenters. The van der Waals surface area contributed by atoms with Crippen LogP contribution in [0.15, 0.2) is 18.2 Å². The molecule has 108 valence electrons. The van der Waals surface area contributed by atoms with Crippen molar-refractivity contribution in [2.45, 2.75) is 58.2 Å². The van der Waals surface area contributed by atoms with Gasteiger partial charge in [0, 0.05) is 6.04 Å². The van der Waals surface area contributed by atoms with Gasteiger partial charge in [-0.05, 0) is 48.4 Å². The van der Waals surface area contributed by atoms with E-state index in [1.165, 1.54) is 12.1 Å². The van der Waals surface area contributed by atoms with Crippen molar-refractivity contribution in [3.63, 3.8) is 0 Å². The van der Waals surface area contributed by atoms with E-state index < -0.39 is 11.7 Å². The summed E-state index contributed by atoms with van der Waals surface area (Å²) in [6.45, 7) is 7.60. The second-order valence-electron chi connectivity index (χ2n) is 6.18. The molecule has 1 aromatic rings. The highest BCUT2D eigenvalue weighted by Gasteiger charge is 2.32. The fourth-order valence-corrected chi connectivity index (χ4v) is 1.83. The molecule has 4 heteroatoms. The third-order valence-electron chi connectivity index (χ3n) is 3.07. The van der Waals surface area contributed by atoms with Crippen molar-refractivity contribution in [2.24, 2.45) is 5.73 Å². The fourth-order valence-electron chi connectivity index (χ4n) is 1.83. The number of hydrogen-bond acceptors (Lipinski definition) is 1. The van der Waals surface area contributed by atoms with Gasteiger partial charge in [-0.2, -0.15) is 13.2 Å². The number of hydrogen-bond donors (Lipinski definition) is 1. The maximum Gasteiger partial charge on any atom is 0.416 e. The van der Waals surface area contributed by atoms with Gasteiger partial charge in [-0.3, -0.25) is 0 Å². The zero-order chi connectivity index (χ0) is 14.8. The summed E-state index contributed by atoms with van der Waals surface area (Å²) < 4.78 is 38.7. The topological polar surface area (TPSA) is 26.0 Å². The molecule has 0 saturated carbocycles. The molecule has 19 heavy (non-hydrogen) atoms. The van der Waals surface area contributed by atoms with E-state index in [1.807, 2.05) is 33.8 Å². The highest BCUT2D eigenvalue weighted by atomic mass is 19.4. The number of aryl methyl sites for hydroxylation is 1. The molecule has 0 saturated heterocycles. The van der Waals surface area contributed by atoms with Crippen molar-refractivity contribution in [1.82, 2.24) is 0 Å². The molecule has 0 aromatic heterocycles.